The fraction of sp³-hybridized carbons (Fsp3) is 0.458. The summed E-state index contributed by atoms with van der Waals surface area (Å²) in [5, 5.41) is 4.09. The molecule has 0 radical (unpaired) electrons. The van der Waals surface area contributed by atoms with Gasteiger partial charge in [0, 0.05) is 88.8 Å². The zero-order chi connectivity index (χ0) is 25.1. The predicted octanol–water partition coefficient (Wildman–Crippen LogP) is 3.78. The maximum atomic E-state index is 12.8. The van der Waals surface area contributed by atoms with Crippen LogP contribution in [-0.2, 0) is 0 Å². The van der Waals surface area contributed by atoms with E-state index in [1.54, 1.807) is 12.4 Å². The third kappa shape index (κ3) is 6.23. The Morgan fingerprint density at radius 3 is 2.33 bits per heavy atom. The van der Waals surface area contributed by atoms with Crippen LogP contribution in [0, 0.1) is 0 Å². The Hall–Kier alpha value is -2.96. The summed E-state index contributed by atoms with van der Waals surface area (Å²) in [6, 6.07) is 7.97. The number of nitrogens with one attached hydrogen (secondary N) is 1. The van der Waals surface area contributed by atoms with Crippen LogP contribution in [0.25, 0.3) is 10.4 Å². The minimum Gasteiger partial charge on any atom is -0.369 e. The van der Waals surface area contributed by atoms with E-state index >= 15 is 0 Å². The van der Waals surface area contributed by atoms with Gasteiger partial charge in [0.15, 0.2) is 5.13 Å². The van der Waals surface area contributed by atoms with Gasteiger partial charge in [0.05, 0.1) is 11.4 Å². The zero-order valence-corrected chi connectivity index (χ0v) is 20.9. The first-order chi connectivity index (χ1) is 17.3. The van der Waals surface area contributed by atoms with Gasteiger partial charge in [-0.15, -0.1) is 0 Å². The highest BCUT2D eigenvalue weighted by molar-refractivity contribution is 7.18. The zero-order valence-electron chi connectivity index (χ0n) is 20.1. The molecule has 3 aromatic rings. The molecule has 2 aliphatic rings. The van der Waals surface area contributed by atoms with E-state index < -0.39 is 12.7 Å². The molecule has 0 spiro atoms. The van der Waals surface area contributed by atoms with Crippen LogP contribution >= 0.6 is 11.3 Å². The Morgan fingerprint density at radius 1 is 0.944 bits per heavy atom. The highest BCUT2D eigenvalue weighted by atomic mass is 32.1. The fourth-order valence-corrected chi connectivity index (χ4v) is 5.28. The molecule has 12 heteroatoms. The Morgan fingerprint density at radius 2 is 1.64 bits per heavy atom. The smallest absolute Gasteiger partial charge is 0.369 e. The number of hydrogen-bond donors (Lipinski definition) is 1. The van der Waals surface area contributed by atoms with Crippen molar-refractivity contribution in [1.82, 2.24) is 24.8 Å². The van der Waals surface area contributed by atoms with Crippen LogP contribution in [0.1, 0.15) is 0 Å². The lowest BCUT2D eigenvalue weighted by Gasteiger charge is -2.37. The number of pyridine rings is 2. The van der Waals surface area contributed by atoms with Crippen molar-refractivity contribution in [3.05, 3.63) is 42.9 Å². The van der Waals surface area contributed by atoms with Gasteiger partial charge in [-0.05, 0) is 24.7 Å². The normalized spacial score (nSPS) is 18.0. The topological polar surface area (TPSA) is 63.7 Å². The van der Waals surface area contributed by atoms with Crippen LogP contribution in [0.2, 0.25) is 0 Å². The van der Waals surface area contributed by atoms with Crippen LogP contribution in [0.3, 0.4) is 0 Å². The second-order valence-electron chi connectivity index (χ2n) is 9.13. The van der Waals surface area contributed by atoms with Crippen molar-refractivity contribution < 1.29 is 13.2 Å². The lowest BCUT2D eigenvalue weighted by molar-refractivity contribution is -0.146. The van der Waals surface area contributed by atoms with E-state index in [0.29, 0.717) is 32.0 Å². The number of anilines is 4. The molecule has 0 unspecified atom stereocenters. The molecule has 2 saturated heterocycles. The Kier molecular flexibility index (Phi) is 7.26. The summed E-state index contributed by atoms with van der Waals surface area (Å²) in [6.45, 7) is 4.58. The average molecular weight is 519 g/mol. The molecule has 8 nitrogen and oxygen atoms in total. The first-order valence-corrected chi connectivity index (χ1v) is 12.8. The van der Waals surface area contributed by atoms with Gasteiger partial charge in [0.25, 0.3) is 0 Å². The van der Waals surface area contributed by atoms with E-state index in [9.17, 15) is 13.2 Å². The van der Waals surface area contributed by atoms with Gasteiger partial charge >= 0.3 is 6.18 Å². The van der Waals surface area contributed by atoms with Crippen molar-refractivity contribution in [2.24, 2.45) is 0 Å². The van der Waals surface area contributed by atoms with Crippen LogP contribution in [-0.4, -0.2) is 96.9 Å². The van der Waals surface area contributed by atoms with Crippen molar-refractivity contribution in [2.75, 3.05) is 81.1 Å². The first-order valence-electron chi connectivity index (χ1n) is 12.0. The fourth-order valence-electron chi connectivity index (χ4n) is 4.45. The molecule has 0 aromatic carbocycles. The molecule has 3 aromatic heterocycles. The van der Waals surface area contributed by atoms with Gasteiger partial charge in [-0.25, -0.2) is 9.97 Å². The number of halogens is 3. The molecule has 2 fully saturated rings. The molecule has 0 amide bonds. The molecule has 36 heavy (non-hydrogen) atoms. The standard InChI is InChI=1S/C24H29F3N8S/c1-32-6-10-34(11-7-32)19-14-21(31-23-29-16-20(36-23)18-2-4-28-5-3-18)30-22(15-19)35-12-8-33(9-13-35)17-24(25,26)27/h2-5,14-16H,6-13,17H2,1H3,(H,29,30,31). The third-order valence-electron chi connectivity index (χ3n) is 6.47. The predicted molar refractivity (Wildman–Crippen MR) is 137 cm³/mol. The summed E-state index contributed by atoms with van der Waals surface area (Å²) in [5.41, 5.74) is 2.10. The second kappa shape index (κ2) is 10.6. The lowest BCUT2D eigenvalue weighted by Crippen LogP contribution is -2.49. The molecule has 0 aliphatic carbocycles. The largest absolute Gasteiger partial charge is 0.401 e. The first kappa shape index (κ1) is 24.7. The van der Waals surface area contributed by atoms with Crippen molar-refractivity contribution in [2.45, 2.75) is 6.18 Å². The van der Waals surface area contributed by atoms with Gasteiger partial charge in [-0.2, -0.15) is 13.2 Å². The second-order valence-corrected chi connectivity index (χ2v) is 10.2. The summed E-state index contributed by atoms with van der Waals surface area (Å²) in [5.74, 6) is 1.45. The van der Waals surface area contributed by atoms with Crippen LogP contribution in [0.5, 0.6) is 0 Å². The highest BCUT2D eigenvalue weighted by Crippen LogP contribution is 2.32. The summed E-state index contributed by atoms with van der Waals surface area (Å²) in [6.07, 6.45) is 1.16. The van der Waals surface area contributed by atoms with Gasteiger partial charge in [-0.1, -0.05) is 11.3 Å². The Balaban J connectivity index is 1.36. The minimum absolute atomic E-state index is 0.352. The average Bonchev–Trinajstić information content (AvgIpc) is 3.33. The number of thiazole rings is 1. The van der Waals surface area contributed by atoms with Crippen molar-refractivity contribution in [1.29, 1.82) is 0 Å². The molecular formula is C24H29F3N8S. The number of hydrogen-bond acceptors (Lipinski definition) is 9. The SMILES string of the molecule is CN1CCN(c2cc(Nc3ncc(-c4ccncc4)s3)nc(N3CCN(CC(F)(F)F)CC3)c2)CC1. The Labute approximate surface area is 212 Å². The van der Waals surface area contributed by atoms with Gasteiger partial charge in [-0.3, -0.25) is 9.88 Å². The molecule has 0 bridgehead atoms. The molecule has 192 valence electrons. The van der Waals surface area contributed by atoms with E-state index in [-0.39, 0.29) is 0 Å². The molecule has 2 aliphatic heterocycles. The lowest BCUT2D eigenvalue weighted by atomic mass is 10.2. The molecular weight excluding hydrogens is 489 g/mol. The number of piperazine rings is 2. The molecule has 1 N–H and O–H groups in total. The molecule has 0 atom stereocenters. The van der Waals surface area contributed by atoms with Crippen LogP contribution in [0.4, 0.5) is 35.6 Å². The number of rotatable bonds is 6. The van der Waals surface area contributed by atoms with Gasteiger partial charge in [0.2, 0.25) is 0 Å². The van der Waals surface area contributed by atoms with Crippen molar-refractivity contribution in [3.63, 3.8) is 0 Å². The number of aromatic nitrogens is 3. The minimum atomic E-state index is -4.18. The van der Waals surface area contributed by atoms with E-state index in [2.05, 4.69) is 43.1 Å². The van der Waals surface area contributed by atoms with Crippen molar-refractivity contribution >= 4 is 33.8 Å². The molecule has 0 saturated carbocycles. The summed E-state index contributed by atoms with van der Waals surface area (Å²) < 4.78 is 38.5. The quantitative estimate of drug-likeness (QED) is 0.529. The van der Waals surface area contributed by atoms with E-state index in [0.717, 1.165) is 53.3 Å². The number of nitrogens with zero attached hydrogens (tertiary/aromatic N) is 7. The molecule has 5 rings (SSSR count). The van der Waals surface area contributed by atoms with Crippen LogP contribution < -0.4 is 15.1 Å². The highest BCUT2D eigenvalue weighted by Gasteiger charge is 2.32. The summed E-state index contributed by atoms with van der Waals surface area (Å²) >= 11 is 1.53. The van der Waals surface area contributed by atoms with Crippen molar-refractivity contribution in [3.8, 4) is 10.4 Å². The van der Waals surface area contributed by atoms with E-state index in [1.807, 2.05) is 24.4 Å². The maximum absolute atomic E-state index is 12.8. The molecule has 5 heterocycles. The maximum Gasteiger partial charge on any atom is 0.401 e. The van der Waals surface area contributed by atoms with Gasteiger partial charge in [0.1, 0.15) is 11.6 Å². The van der Waals surface area contributed by atoms with E-state index in [1.165, 1.54) is 16.2 Å². The van der Waals surface area contributed by atoms with Crippen LogP contribution in [0.15, 0.2) is 42.9 Å². The number of alkyl halides is 3. The van der Waals surface area contributed by atoms with E-state index in [4.69, 9.17) is 4.98 Å². The summed E-state index contributed by atoms with van der Waals surface area (Å²) in [4.78, 5) is 22.6. The van der Waals surface area contributed by atoms with Gasteiger partial charge < -0.3 is 20.0 Å². The monoisotopic (exact) mass is 518 g/mol. The third-order valence-corrected chi connectivity index (χ3v) is 7.43. The summed E-state index contributed by atoms with van der Waals surface area (Å²) in [7, 11) is 2.12. The Bertz CT molecular complexity index is 1140. The number of likely N-dealkylation sites (N-methyl/N-ethyl adjacent to an activating group) is 1.